The summed E-state index contributed by atoms with van der Waals surface area (Å²) < 4.78 is 5.88. The van der Waals surface area contributed by atoms with Gasteiger partial charge >= 0.3 is 0 Å². The van der Waals surface area contributed by atoms with Crippen molar-refractivity contribution in [1.82, 2.24) is 10.3 Å². The molecule has 0 amide bonds. The van der Waals surface area contributed by atoms with Crippen LogP contribution in [0.1, 0.15) is 43.2 Å². The minimum atomic E-state index is 0.467. The molecule has 0 saturated heterocycles. The Labute approximate surface area is 113 Å². The fourth-order valence-electron chi connectivity index (χ4n) is 3.44. The van der Waals surface area contributed by atoms with Gasteiger partial charge in [-0.15, -0.1) is 11.3 Å². The lowest BCUT2D eigenvalue weighted by Gasteiger charge is -2.61. The molecule has 2 unspecified atom stereocenters. The summed E-state index contributed by atoms with van der Waals surface area (Å²) in [4.78, 5) is 5.69. The molecule has 1 heterocycles. The molecule has 1 aromatic rings. The Balaban J connectivity index is 1.57. The first-order valence-electron chi connectivity index (χ1n) is 7.00. The van der Waals surface area contributed by atoms with Crippen LogP contribution in [0.15, 0.2) is 5.51 Å². The predicted molar refractivity (Wildman–Crippen MR) is 73.8 cm³/mol. The van der Waals surface area contributed by atoms with Crippen LogP contribution in [0.4, 0.5) is 0 Å². The second kappa shape index (κ2) is 4.91. The van der Waals surface area contributed by atoms with Crippen molar-refractivity contribution in [1.29, 1.82) is 0 Å². The summed E-state index contributed by atoms with van der Waals surface area (Å²) in [6, 6.07) is 0.657. The Morgan fingerprint density at radius 1 is 1.56 bits per heavy atom. The van der Waals surface area contributed by atoms with Gasteiger partial charge in [-0.25, -0.2) is 4.98 Å². The van der Waals surface area contributed by atoms with Crippen LogP contribution in [0, 0.1) is 12.3 Å². The molecule has 0 radical (unpaired) electrons. The van der Waals surface area contributed by atoms with E-state index in [0.717, 1.165) is 13.2 Å². The Kier molecular flexibility index (Phi) is 3.43. The number of ether oxygens (including phenoxy) is 1. The van der Waals surface area contributed by atoms with Crippen LogP contribution in [-0.4, -0.2) is 23.7 Å². The van der Waals surface area contributed by atoms with Crippen LogP contribution in [-0.2, 0) is 11.3 Å². The van der Waals surface area contributed by atoms with E-state index in [1.165, 1.54) is 36.3 Å². The van der Waals surface area contributed by atoms with Gasteiger partial charge in [0.15, 0.2) is 0 Å². The minimum Gasteiger partial charge on any atom is -0.378 e. The molecular weight excluding hydrogens is 244 g/mol. The van der Waals surface area contributed by atoms with Gasteiger partial charge in [0.05, 0.1) is 17.3 Å². The van der Waals surface area contributed by atoms with Gasteiger partial charge in [0, 0.05) is 29.5 Å². The Morgan fingerprint density at radius 3 is 2.94 bits per heavy atom. The minimum absolute atomic E-state index is 0.467. The number of hydrogen-bond donors (Lipinski definition) is 1. The van der Waals surface area contributed by atoms with Crippen molar-refractivity contribution in [3.63, 3.8) is 0 Å². The molecule has 1 aromatic heterocycles. The number of thiazole rings is 1. The van der Waals surface area contributed by atoms with E-state index < -0.39 is 0 Å². The van der Waals surface area contributed by atoms with Crippen molar-refractivity contribution in [2.75, 3.05) is 6.61 Å². The van der Waals surface area contributed by atoms with Crippen LogP contribution in [0.25, 0.3) is 0 Å². The second-order valence-electron chi connectivity index (χ2n) is 5.56. The molecule has 0 aliphatic heterocycles. The van der Waals surface area contributed by atoms with Gasteiger partial charge in [-0.05, 0) is 33.1 Å². The van der Waals surface area contributed by atoms with E-state index in [1.54, 1.807) is 11.3 Å². The zero-order chi connectivity index (χ0) is 12.6. The molecule has 0 bridgehead atoms. The molecule has 18 heavy (non-hydrogen) atoms. The molecular formula is C14H22N2OS. The van der Waals surface area contributed by atoms with Crippen molar-refractivity contribution in [2.24, 2.45) is 5.41 Å². The number of nitrogens with one attached hydrogen (secondary N) is 1. The molecule has 2 fully saturated rings. The van der Waals surface area contributed by atoms with Gasteiger partial charge in [-0.1, -0.05) is 6.42 Å². The van der Waals surface area contributed by atoms with E-state index in [4.69, 9.17) is 4.74 Å². The van der Waals surface area contributed by atoms with Gasteiger partial charge < -0.3 is 10.1 Å². The molecule has 2 saturated carbocycles. The first-order valence-corrected chi connectivity index (χ1v) is 7.88. The van der Waals surface area contributed by atoms with E-state index in [9.17, 15) is 0 Å². The fraction of sp³-hybridized carbons (Fsp3) is 0.786. The maximum Gasteiger partial charge on any atom is 0.0798 e. The van der Waals surface area contributed by atoms with Crippen molar-refractivity contribution in [3.8, 4) is 0 Å². The molecule has 3 rings (SSSR count). The number of nitrogens with zero attached hydrogens (tertiary/aromatic N) is 1. The number of aryl methyl sites for hydroxylation is 1. The lowest BCUT2D eigenvalue weighted by molar-refractivity contribution is -0.173. The monoisotopic (exact) mass is 266 g/mol. The van der Waals surface area contributed by atoms with Gasteiger partial charge in [0.25, 0.3) is 0 Å². The predicted octanol–water partition coefficient (Wildman–Crippen LogP) is 2.89. The van der Waals surface area contributed by atoms with E-state index >= 15 is 0 Å². The van der Waals surface area contributed by atoms with E-state index in [-0.39, 0.29) is 0 Å². The average Bonchev–Trinajstić information content (AvgIpc) is 2.66. The van der Waals surface area contributed by atoms with E-state index in [2.05, 4.69) is 24.1 Å². The summed E-state index contributed by atoms with van der Waals surface area (Å²) in [6.45, 7) is 6.03. The highest BCUT2D eigenvalue weighted by Crippen LogP contribution is 2.57. The highest BCUT2D eigenvalue weighted by atomic mass is 32.1. The standard InChI is InChI=1S/C14H22N2OS/c1-3-17-13-7-12(14(13)5-4-6-14)15-8-11-10(2)16-9-18-11/h9,12-13,15H,3-8H2,1-2H3. The van der Waals surface area contributed by atoms with Crippen molar-refractivity contribution >= 4 is 11.3 Å². The molecule has 1 N–H and O–H groups in total. The molecule has 0 aromatic carbocycles. The summed E-state index contributed by atoms with van der Waals surface area (Å²) in [5, 5.41) is 3.73. The van der Waals surface area contributed by atoms with E-state index in [1.807, 2.05) is 5.51 Å². The van der Waals surface area contributed by atoms with Gasteiger partial charge in [0.2, 0.25) is 0 Å². The van der Waals surface area contributed by atoms with Crippen molar-refractivity contribution in [3.05, 3.63) is 16.1 Å². The normalized spacial score (nSPS) is 29.0. The SMILES string of the molecule is CCOC1CC(NCc2scnc2C)C12CCC2. The number of hydrogen-bond acceptors (Lipinski definition) is 4. The van der Waals surface area contributed by atoms with Gasteiger partial charge in [-0.3, -0.25) is 0 Å². The van der Waals surface area contributed by atoms with Crippen LogP contribution in [0.5, 0.6) is 0 Å². The quantitative estimate of drug-likeness (QED) is 0.890. The summed E-state index contributed by atoms with van der Waals surface area (Å²) >= 11 is 1.76. The summed E-state index contributed by atoms with van der Waals surface area (Å²) in [5.74, 6) is 0. The lowest BCUT2D eigenvalue weighted by atomic mass is 9.51. The molecule has 1 spiro atoms. The highest BCUT2D eigenvalue weighted by molar-refractivity contribution is 7.09. The molecule has 4 heteroatoms. The average molecular weight is 266 g/mol. The Morgan fingerprint density at radius 2 is 2.39 bits per heavy atom. The molecule has 3 nitrogen and oxygen atoms in total. The molecule has 2 atom stereocenters. The van der Waals surface area contributed by atoms with Gasteiger partial charge in [-0.2, -0.15) is 0 Å². The smallest absolute Gasteiger partial charge is 0.0798 e. The third-order valence-electron chi connectivity index (χ3n) is 4.79. The summed E-state index contributed by atoms with van der Waals surface area (Å²) in [6.07, 6.45) is 5.76. The van der Waals surface area contributed by atoms with E-state index in [0.29, 0.717) is 17.6 Å². The largest absolute Gasteiger partial charge is 0.378 e. The number of aromatic nitrogens is 1. The maximum absolute atomic E-state index is 5.88. The van der Waals surface area contributed by atoms with Crippen LogP contribution in [0.2, 0.25) is 0 Å². The Bertz CT molecular complexity index is 414. The second-order valence-corrected chi connectivity index (χ2v) is 6.50. The summed E-state index contributed by atoms with van der Waals surface area (Å²) in [7, 11) is 0. The van der Waals surface area contributed by atoms with Gasteiger partial charge in [0.1, 0.15) is 0 Å². The van der Waals surface area contributed by atoms with Crippen molar-refractivity contribution < 1.29 is 4.74 Å². The zero-order valence-corrected chi connectivity index (χ0v) is 12.1. The van der Waals surface area contributed by atoms with Crippen LogP contribution in [0.3, 0.4) is 0 Å². The van der Waals surface area contributed by atoms with Crippen LogP contribution >= 0.6 is 11.3 Å². The fourth-order valence-corrected chi connectivity index (χ4v) is 4.16. The number of rotatable bonds is 5. The summed E-state index contributed by atoms with van der Waals surface area (Å²) in [5.41, 5.74) is 3.58. The highest BCUT2D eigenvalue weighted by Gasteiger charge is 2.58. The lowest BCUT2D eigenvalue weighted by Crippen LogP contribution is -2.66. The van der Waals surface area contributed by atoms with Crippen LogP contribution < -0.4 is 5.32 Å². The Hall–Kier alpha value is -0.450. The molecule has 2 aliphatic carbocycles. The zero-order valence-electron chi connectivity index (χ0n) is 11.2. The first kappa shape index (κ1) is 12.6. The molecule has 2 aliphatic rings. The third kappa shape index (κ3) is 1.91. The third-order valence-corrected chi connectivity index (χ3v) is 5.73. The first-order chi connectivity index (χ1) is 8.76. The maximum atomic E-state index is 5.88. The topological polar surface area (TPSA) is 34.1 Å². The molecule has 100 valence electrons. The van der Waals surface area contributed by atoms with Crippen molar-refractivity contribution in [2.45, 2.75) is 58.2 Å².